The van der Waals surface area contributed by atoms with E-state index in [1.807, 2.05) is 0 Å². The first-order valence-corrected chi connectivity index (χ1v) is 7.49. The van der Waals surface area contributed by atoms with Crippen LogP contribution in [0.5, 0.6) is 0 Å². The summed E-state index contributed by atoms with van der Waals surface area (Å²) >= 11 is 2.15. The van der Waals surface area contributed by atoms with E-state index in [2.05, 4.69) is 15.5 Å². The van der Waals surface area contributed by atoms with Crippen LogP contribution in [0.25, 0.3) is 0 Å². The molecular formula is C10H12N4O4S2. The molecule has 2 N–H and O–H groups in total. The number of aliphatic carboxylic acids is 1. The zero-order chi connectivity index (χ0) is 14.7. The molecule has 10 heteroatoms. The van der Waals surface area contributed by atoms with Crippen molar-refractivity contribution < 1.29 is 19.5 Å². The molecule has 1 aromatic rings. The summed E-state index contributed by atoms with van der Waals surface area (Å²) in [5.41, 5.74) is 0. The van der Waals surface area contributed by atoms with Gasteiger partial charge in [-0.2, -0.15) is 0 Å². The molecule has 0 spiro atoms. The molecule has 0 radical (unpaired) electrons. The number of carboxylic acids is 1. The van der Waals surface area contributed by atoms with Gasteiger partial charge in [-0.25, -0.2) is 0 Å². The average molecular weight is 316 g/mol. The lowest BCUT2D eigenvalue weighted by Gasteiger charge is -2.08. The fourth-order valence-corrected chi connectivity index (χ4v) is 3.16. The van der Waals surface area contributed by atoms with Gasteiger partial charge in [-0.15, -0.1) is 10.2 Å². The van der Waals surface area contributed by atoms with E-state index in [0.29, 0.717) is 16.0 Å². The maximum Gasteiger partial charge on any atom is 0.313 e. The minimum atomic E-state index is -0.941. The van der Waals surface area contributed by atoms with Gasteiger partial charge in [-0.3, -0.25) is 14.4 Å². The van der Waals surface area contributed by atoms with Crippen molar-refractivity contribution >= 4 is 46.0 Å². The van der Waals surface area contributed by atoms with Crippen LogP contribution in [0.1, 0.15) is 6.42 Å². The second-order valence-electron chi connectivity index (χ2n) is 4.22. The van der Waals surface area contributed by atoms with Gasteiger partial charge in [0.15, 0.2) is 4.34 Å². The molecule has 2 amide bonds. The Labute approximate surface area is 122 Å². The van der Waals surface area contributed by atoms with Crippen LogP contribution >= 0.6 is 23.1 Å². The van der Waals surface area contributed by atoms with Crippen molar-refractivity contribution in [2.24, 2.45) is 5.92 Å². The number of hydrogen-bond donors (Lipinski definition) is 2. The Morgan fingerprint density at radius 2 is 2.30 bits per heavy atom. The lowest BCUT2D eigenvalue weighted by Crippen LogP contribution is -2.25. The van der Waals surface area contributed by atoms with Gasteiger partial charge in [0.1, 0.15) is 0 Å². The van der Waals surface area contributed by atoms with E-state index in [9.17, 15) is 14.4 Å². The number of carbonyl (C=O) groups is 3. The third-order valence-corrected chi connectivity index (χ3v) is 4.62. The SMILES string of the molecule is CN1CC(C(=O)Nc2nnc(SCC(=O)O)s2)CC1=O. The molecule has 1 aliphatic heterocycles. The van der Waals surface area contributed by atoms with Gasteiger partial charge in [-0.1, -0.05) is 23.1 Å². The zero-order valence-corrected chi connectivity index (χ0v) is 12.2. The topological polar surface area (TPSA) is 112 Å². The number of likely N-dealkylation sites (tertiary alicyclic amines) is 1. The number of nitrogens with one attached hydrogen (secondary N) is 1. The Hall–Kier alpha value is -1.68. The highest BCUT2D eigenvalue weighted by Gasteiger charge is 2.32. The summed E-state index contributed by atoms with van der Waals surface area (Å²) in [5.74, 6) is -1.76. The molecule has 1 atom stereocenters. The van der Waals surface area contributed by atoms with E-state index in [1.165, 1.54) is 4.90 Å². The molecule has 1 saturated heterocycles. The van der Waals surface area contributed by atoms with Crippen LogP contribution < -0.4 is 5.32 Å². The monoisotopic (exact) mass is 316 g/mol. The molecule has 0 saturated carbocycles. The van der Waals surface area contributed by atoms with Crippen LogP contribution in [0.2, 0.25) is 0 Å². The molecule has 0 aliphatic carbocycles. The number of aromatic nitrogens is 2. The molecular weight excluding hydrogens is 304 g/mol. The summed E-state index contributed by atoms with van der Waals surface area (Å²) in [6.07, 6.45) is 0.196. The number of hydrogen-bond acceptors (Lipinski definition) is 7. The summed E-state index contributed by atoms with van der Waals surface area (Å²) in [6, 6.07) is 0. The van der Waals surface area contributed by atoms with E-state index < -0.39 is 5.97 Å². The Balaban J connectivity index is 1.88. The van der Waals surface area contributed by atoms with E-state index >= 15 is 0 Å². The number of amides is 2. The van der Waals surface area contributed by atoms with E-state index in [1.54, 1.807) is 7.05 Å². The molecule has 0 aromatic carbocycles. The zero-order valence-electron chi connectivity index (χ0n) is 10.5. The lowest BCUT2D eigenvalue weighted by molar-refractivity contribution is -0.134. The van der Waals surface area contributed by atoms with Crippen LogP contribution in [-0.2, 0) is 14.4 Å². The van der Waals surface area contributed by atoms with Crippen molar-refractivity contribution in [1.82, 2.24) is 15.1 Å². The molecule has 2 rings (SSSR count). The average Bonchev–Trinajstić information content (AvgIpc) is 2.95. The molecule has 108 valence electrons. The van der Waals surface area contributed by atoms with E-state index in [0.717, 1.165) is 23.1 Å². The van der Waals surface area contributed by atoms with Gasteiger partial charge >= 0.3 is 5.97 Å². The van der Waals surface area contributed by atoms with Crippen LogP contribution in [0, 0.1) is 5.92 Å². The summed E-state index contributed by atoms with van der Waals surface area (Å²) in [5, 5.41) is 19.0. The summed E-state index contributed by atoms with van der Waals surface area (Å²) in [7, 11) is 1.65. The van der Waals surface area contributed by atoms with Gasteiger partial charge < -0.3 is 15.3 Å². The Morgan fingerprint density at radius 3 is 2.90 bits per heavy atom. The fraction of sp³-hybridized carbons (Fsp3) is 0.500. The Bertz CT molecular complexity index is 547. The number of carboxylic acid groups (broad SMARTS) is 1. The first-order valence-electron chi connectivity index (χ1n) is 5.68. The minimum Gasteiger partial charge on any atom is -0.481 e. The smallest absolute Gasteiger partial charge is 0.313 e. The van der Waals surface area contributed by atoms with Crippen molar-refractivity contribution in [1.29, 1.82) is 0 Å². The number of rotatable bonds is 5. The van der Waals surface area contributed by atoms with Gasteiger partial charge in [0.25, 0.3) is 0 Å². The molecule has 8 nitrogen and oxygen atoms in total. The summed E-state index contributed by atoms with van der Waals surface area (Å²) in [4.78, 5) is 35.2. The number of anilines is 1. The van der Waals surface area contributed by atoms with E-state index in [-0.39, 0.29) is 29.9 Å². The molecule has 1 unspecified atom stereocenters. The highest BCUT2D eigenvalue weighted by Crippen LogP contribution is 2.26. The minimum absolute atomic E-state index is 0.0554. The molecule has 20 heavy (non-hydrogen) atoms. The highest BCUT2D eigenvalue weighted by molar-refractivity contribution is 8.01. The van der Waals surface area contributed by atoms with Crippen molar-refractivity contribution in [2.75, 3.05) is 24.7 Å². The highest BCUT2D eigenvalue weighted by atomic mass is 32.2. The number of thioether (sulfide) groups is 1. The first-order chi connectivity index (χ1) is 9.45. The second kappa shape index (κ2) is 6.18. The second-order valence-corrected chi connectivity index (χ2v) is 6.42. The maximum atomic E-state index is 11.9. The number of nitrogens with zero attached hydrogens (tertiary/aromatic N) is 3. The maximum absolute atomic E-state index is 11.9. The summed E-state index contributed by atoms with van der Waals surface area (Å²) < 4.78 is 0.474. The van der Waals surface area contributed by atoms with Crippen molar-refractivity contribution in [3.63, 3.8) is 0 Å². The van der Waals surface area contributed by atoms with Crippen LogP contribution in [0.4, 0.5) is 5.13 Å². The molecule has 1 aromatic heterocycles. The third kappa shape index (κ3) is 3.67. The van der Waals surface area contributed by atoms with Crippen molar-refractivity contribution in [2.45, 2.75) is 10.8 Å². The largest absolute Gasteiger partial charge is 0.481 e. The Morgan fingerprint density at radius 1 is 1.55 bits per heavy atom. The third-order valence-electron chi connectivity index (χ3n) is 2.67. The fourth-order valence-electron chi connectivity index (χ4n) is 1.69. The normalized spacial score (nSPS) is 18.4. The molecule has 2 heterocycles. The first kappa shape index (κ1) is 14.7. The molecule has 1 fully saturated rings. The Kier molecular flexibility index (Phi) is 4.55. The van der Waals surface area contributed by atoms with Crippen molar-refractivity contribution in [3.8, 4) is 0 Å². The van der Waals surface area contributed by atoms with E-state index in [4.69, 9.17) is 5.11 Å². The molecule has 1 aliphatic rings. The van der Waals surface area contributed by atoms with Gasteiger partial charge in [0.2, 0.25) is 16.9 Å². The molecule has 0 bridgehead atoms. The van der Waals surface area contributed by atoms with Crippen LogP contribution in [-0.4, -0.2) is 57.3 Å². The van der Waals surface area contributed by atoms with Crippen LogP contribution in [0.15, 0.2) is 4.34 Å². The quantitative estimate of drug-likeness (QED) is 0.586. The predicted molar refractivity (Wildman–Crippen MR) is 72.6 cm³/mol. The number of carbonyl (C=O) groups excluding carboxylic acids is 2. The summed E-state index contributed by atoms with van der Waals surface area (Å²) in [6.45, 7) is 0.393. The van der Waals surface area contributed by atoms with Crippen molar-refractivity contribution in [3.05, 3.63) is 0 Å². The predicted octanol–water partition coefficient (Wildman–Crippen LogP) is 0.132. The lowest BCUT2D eigenvalue weighted by atomic mass is 10.1. The van der Waals surface area contributed by atoms with Gasteiger partial charge in [0, 0.05) is 20.0 Å². The van der Waals surface area contributed by atoms with Gasteiger partial charge in [0.05, 0.1) is 11.7 Å². The standard InChI is InChI=1S/C10H12N4O4S2/c1-14-3-5(2-6(14)15)8(18)11-9-12-13-10(20-9)19-4-7(16)17/h5H,2-4H2,1H3,(H,16,17)(H,11,12,18). The van der Waals surface area contributed by atoms with Gasteiger partial charge in [-0.05, 0) is 0 Å². The van der Waals surface area contributed by atoms with Crippen LogP contribution in [0.3, 0.4) is 0 Å².